The van der Waals surface area contributed by atoms with Crippen LogP contribution in [0, 0.1) is 0 Å². The van der Waals surface area contributed by atoms with Crippen molar-refractivity contribution in [2.24, 2.45) is 0 Å². The zero-order valence-electron chi connectivity index (χ0n) is 37.2. The molecule has 4 heterocycles. The van der Waals surface area contributed by atoms with Gasteiger partial charge in [-0.2, -0.15) is 0 Å². The van der Waals surface area contributed by atoms with Crippen LogP contribution in [0.2, 0.25) is 0 Å². The van der Waals surface area contributed by atoms with Gasteiger partial charge in [0.25, 0.3) is 0 Å². The second kappa shape index (κ2) is 15.7. The van der Waals surface area contributed by atoms with E-state index < -0.39 is 0 Å². The lowest BCUT2D eigenvalue weighted by Crippen LogP contribution is -1.92. The number of rotatable bonds is 7. The molecule has 5 heteroatoms. The van der Waals surface area contributed by atoms with Crippen molar-refractivity contribution in [3.05, 3.63) is 237 Å². The Hall–Kier alpha value is -9.32. The topological polar surface area (TPSA) is 57.0 Å². The third-order valence-corrected chi connectivity index (χ3v) is 13.7. The average molecular weight is 882 g/mol. The van der Waals surface area contributed by atoms with Crippen LogP contribution in [0.3, 0.4) is 0 Å². The standard InChI is InChI=1S/C64H39N3O2/c1-3-12-40(13-4-1)41-24-26-42(27-25-41)43-14-9-17-46(34-43)49-28-31-52-60(38-49)69-64-62(52)65-39-66-63(64)53-21-11-23-59-61(53)55-37-48(30-33-58(55)68-59)45-16-10-15-44(35-45)47-29-32-57-54(36-47)51-20-7-8-22-56(51)67(57)50-18-5-2-6-19-50/h1-39H. The molecule has 14 aromatic rings. The molecule has 0 saturated carbocycles. The molecule has 14 rings (SSSR count). The summed E-state index contributed by atoms with van der Waals surface area (Å²) in [6.07, 6.45) is 1.64. The number of furan rings is 2. The van der Waals surface area contributed by atoms with E-state index in [0.29, 0.717) is 5.58 Å². The highest BCUT2D eigenvalue weighted by molar-refractivity contribution is 6.17. The molecule has 0 fully saturated rings. The number of para-hydroxylation sites is 2. The van der Waals surface area contributed by atoms with Crippen molar-refractivity contribution in [2.45, 2.75) is 0 Å². The third-order valence-electron chi connectivity index (χ3n) is 13.7. The third kappa shape index (κ3) is 6.47. The first kappa shape index (κ1) is 38.9. The molecule has 0 aliphatic rings. The van der Waals surface area contributed by atoms with E-state index in [1.54, 1.807) is 6.33 Å². The van der Waals surface area contributed by atoms with E-state index in [4.69, 9.17) is 18.8 Å². The fourth-order valence-corrected chi connectivity index (χ4v) is 10.4. The van der Waals surface area contributed by atoms with Crippen LogP contribution >= 0.6 is 0 Å². The van der Waals surface area contributed by atoms with Gasteiger partial charge in [-0.05, 0) is 128 Å². The van der Waals surface area contributed by atoms with Gasteiger partial charge in [0, 0.05) is 38.2 Å². The number of aromatic nitrogens is 3. The van der Waals surface area contributed by atoms with E-state index in [9.17, 15) is 0 Å². The van der Waals surface area contributed by atoms with Gasteiger partial charge in [-0.25, -0.2) is 9.97 Å². The summed E-state index contributed by atoms with van der Waals surface area (Å²) in [6, 6.07) is 81.9. The maximum atomic E-state index is 6.77. The van der Waals surface area contributed by atoms with Gasteiger partial charge < -0.3 is 13.4 Å². The number of benzene rings is 10. The molecule has 0 spiro atoms. The summed E-state index contributed by atoms with van der Waals surface area (Å²) in [4.78, 5) is 9.67. The molecule has 10 aromatic carbocycles. The van der Waals surface area contributed by atoms with Gasteiger partial charge in [-0.15, -0.1) is 0 Å². The Labute approximate surface area is 396 Å². The summed E-state index contributed by atoms with van der Waals surface area (Å²) < 4.78 is 15.7. The quantitative estimate of drug-likeness (QED) is 0.160. The minimum absolute atomic E-state index is 0.645. The molecule has 0 amide bonds. The maximum Gasteiger partial charge on any atom is 0.180 e. The molecule has 0 N–H and O–H groups in total. The lowest BCUT2D eigenvalue weighted by atomic mass is 9.96. The van der Waals surface area contributed by atoms with E-state index >= 15 is 0 Å². The van der Waals surface area contributed by atoms with Crippen molar-refractivity contribution < 1.29 is 8.83 Å². The van der Waals surface area contributed by atoms with Gasteiger partial charge in [-0.3, -0.25) is 0 Å². The summed E-state index contributed by atoms with van der Waals surface area (Å²) >= 11 is 0. The van der Waals surface area contributed by atoms with Crippen LogP contribution in [0.25, 0.3) is 138 Å². The van der Waals surface area contributed by atoms with E-state index in [-0.39, 0.29) is 0 Å². The molecule has 0 radical (unpaired) electrons. The molecule has 0 bridgehead atoms. The summed E-state index contributed by atoms with van der Waals surface area (Å²) in [6.45, 7) is 0. The molecule has 0 aliphatic carbocycles. The van der Waals surface area contributed by atoms with Gasteiger partial charge >= 0.3 is 0 Å². The molecule has 0 unspecified atom stereocenters. The van der Waals surface area contributed by atoms with Crippen molar-refractivity contribution in [1.82, 2.24) is 14.5 Å². The molecule has 5 nitrogen and oxygen atoms in total. The highest BCUT2D eigenvalue weighted by Gasteiger charge is 2.21. The summed E-state index contributed by atoms with van der Waals surface area (Å²) in [5.41, 5.74) is 20.4. The summed E-state index contributed by atoms with van der Waals surface area (Å²) in [5, 5.41) is 5.40. The van der Waals surface area contributed by atoms with Gasteiger partial charge in [0.05, 0.1) is 11.0 Å². The first-order valence-corrected chi connectivity index (χ1v) is 23.3. The van der Waals surface area contributed by atoms with Crippen LogP contribution in [0.1, 0.15) is 0 Å². The summed E-state index contributed by atoms with van der Waals surface area (Å²) in [7, 11) is 0. The number of hydrogen-bond acceptors (Lipinski definition) is 4. The molecular weight excluding hydrogens is 843 g/mol. The minimum atomic E-state index is 0.645. The zero-order chi connectivity index (χ0) is 45.4. The van der Waals surface area contributed by atoms with Crippen molar-refractivity contribution in [1.29, 1.82) is 0 Å². The maximum absolute atomic E-state index is 6.77. The SMILES string of the molecule is c1ccc(-c2ccc(-c3cccc(-c4ccc5c(c4)oc4c(-c6cccc7oc8ccc(-c9cccc(-c%10ccc%11c(c%10)c%10ccccc%10n%11-c%10ccccc%10)c9)cc8c67)ncnc45)c3)cc2)cc1. The van der Waals surface area contributed by atoms with Crippen molar-refractivity contribution in [2.75, 3.05) is 0 Å². The molecule has 0 atom stereocenters. The Morgan fingerprint density at radius 3 is 1.64 bits per heavy atom. The average Bonchev–Trinajstić information content (AvgIpc) is 4.10. The number of hydrogen-bond donors (Lipinski definition) is 0. The lowest BCUT2D eigenvalue weighted by Gasteiger charge is -2.09. The Kier molecular flexibility index (Phi) is 8.83. The molecule has 0 saturated heterocycles. The summed E-state index contributed by atoms with van der Waals surface area (Å²) in [5.74, 6) is 0. The molecule has 0 aliphatic heterocycles. The monoisotopic (exact) mass is 881 g/mol. The second-order valence-corrected chi connectivity index (χ2v) is 17.7. The largest absolute Gasteiger partial charge is 0.456 e. The number of fused-ring (bicyclic) bond motifs is 9. The van der Waals surface area contributed by atoms with Gasteiger partial charge in [0.15, 0.2) is 5.58 Å². The first-order chi connectivity index (χ1) is 34.2. The predicted octanol–water partition coefficient (Wildman–Crippen LogP) is 17.4. The highest BCUT2D eigenvalue weighted by Crippen LogP contribution is 2.43. The zero-order valence-corrected chi connectivity index (χ0v) is 37.2. The van der Waals surface area contributed by atoms with Gasteiger partial charge in [-0.1, -0.05) is 158 Å². The van der Waals surface area contributed by atoms with Crippen molar-refractivity contribution >= 4 is 65.8 Å². The predicted molar refractivity (Wildman–Crippen MR) is 284 cm³/mol. The fraction of sp³-hybridized carbons (Fsp3) is 0. The van der Waals surface area contributed by atoms with Crippen LogP contribution in [0.15, 0.2) is 246 Å². The lowest BCUT2D eigenvalue weighted by molar-refractivity contribution is 0.667. The Bertz CT molecular complexity index is 4300. The van der Waals surface area contributed by atoms with Crippen LogP contribution < -0.4 is 0 Å². The van der Waals surface area contributed by atoms with Gasteiger partial charge in [0.1, 0.15) is 34.3 Å². The Morgan fingerprint density at radius 2 is 0.870 bits per heavy atom. The molecule has 69 heavy (non-hydrogen) atoms. The highest BCUT2D eigenvalue weighted by atomic mass is 16.3. The van der Waals surface area contributed by atoms with Crippen LogP contribution in [-0.2, 0) is 0 Å². The van der Waals surface area contributed by atoms with E-state index in [2.05, 4.69) is 217 Å². The van der Waals surface area contributed by atoms with E-state index in [1.165, 1.54) is 44.1 Å². The van der Waals surface area contributed by atoms with Gasteiger partial charge in [0.2, 0.25) is 0 Å². The fourth-order valence-electron chi connectivity index (χ4n) is 10.4. The second-order valence-electron chi connectivity index (χ2n) is 17.7. The Balaban J connectivity index is 0.822. The van der Waals surface area contributed by atoms with Crippen LogP contribution in [-0.4, -0.2) is 14.5 Å². The van der Waals surface area contributed by atoms with Crippen LogP contribution in [0.4, 0.5) is 0 Å². The molecule has 4 aromatic heterocycles. The minimum Gasteiger partial charge on any atom is -0.456 e. The normalized spacial score (nSPS) is 11.8. The van der Waals surface area contributed by atoms with E-state index in [1.807, 2.05) is 18.2 Å². The van der Waals surface area contributed by atoms with Crippen molar-refractivity contribution in [3.63, 3.8) is 0 Å². The molecule has 322 valence electrons. The van der Waals surface area contributed by atoms with Crippen LogP contribution in [0.5, 0.6) is 0 Å². The Morgan fingerprint density at radius 1 is 0.319 bits per heavy atom. The first-order valence-electron chi connectivity index (χ1n) is 23.3. The smallest absolute Gasteiger partial charge is 0.180 e. The van der Waals surface area contributed by atoms with Crippen molar-refractivity contribution in [3.8, 4) is 72.6 Å². The van der Waals surface area contributed by atoms with E-state index in [0.717, 1.165) is 88.7 Å². The molecular formula is C64H39N3O2. The number of nitrogens with zero attached hydrogens (tertiary/aromatic N) is 3.